The fraction of sp³-hybridized carbons (Fsp3) is 0.409. The summed E-state index contributed by atoms with van der Waals surface area (Å²) in [6.45, 7) is 4.37. The number of carbonyl (C=O) groups excluding carboxylic acids is 1. The molecule has 2 aromatic rings. The Balaban J connectivity index is 1.42. The maximum atomic E-state index is 12.6. The van der Waals surface area contributed by atoms with Gasteiger partial charge in [-0.15, -0.1) is 0 Å². The van der Waals surface area contributed by atoms with Crippen LogP contribution in [0.3, 0.4) is 0 Å². The van der Waals surface area contributed by atoms with E-state index in [0.717, 1.165) is 45.6 Å². The van der Waals surface area contributed by atoms with Gasteiger partial charge in [0.2, 0.25) is 0 Å². The number of anilines is 1. The van der Waals surface area contributed by atoms with E-state index in [0.29, 0.717) is 17.2 Å². The van der Waals surface area contributed by atoms with E-state index in [1.807, 2.05) is 11.0 Å². The van der Waals surface area contributed by atoms with Crippen molar-refractivity contribution in [3.63, 3.8) is 0 Å². The smallest absolute Gasteiger partial charge is 0.321 e. The van der Waals surface area contributed by atoms with Crippen LogP contribution in [0.1, 0.15) is 12.0 Å². The number of nitrogens with one attached hydrogen (secondary N) is 1. The molecule has 0 aromatic heterocycles. The molecule has 1 aliphatic rings. The minimum absolute atomic E-state index is 0.0730. The van der Waals surface area contributed by atoms with Crippen molar-refractivity contribution in [2.45, 2.75) is 12.8 Å². The Morgan fingerprint density at radius 3 is 2.36 bits per heavy atom. The van der Waals surface area contributed by atoms with Gasteiger partial charge in [0.15, 0.2) is 11.5 Å². The van der Waals surface area contributed by atoms with Gasteiger partial charge in [-0.05, 0) is 37.1 Å². The number of piperazine rings is 1. The molecule has 150 valence electrons. The average molecular weight is 383 g/mol. The lowest BCUT2D eigenvalue weighted by Gasteiger charge is -2.34. The molecular formula is C22H29N3O3. The number of hydrogen-bond acceptors (Lipinski definition) is 4. The topological polar surface area (TPSA) is 54.0 Å². The summed E-state index contributed by atoms with van der Waals surface area (Å²) in [5, 5.41) is 2.95. The minimum Gasteiger partial charge on any atom is -0.493 e. The summed E-state index contributed by atoms with van der Waals surface area (Å²) in [5.41, 5.74) is 2.09. The fourth-order valence-corrected chi connectivity index (χ4v) is 3.44. The quantitative estimate of drug-likeness (QED) is 0.795. The van der Waals surface area contributed by atoms with Crippen molar-refractivity contribution >= 4 is 11.7 Å². The largest absolute Gasteiger partial charge is 0.493 e. The molecule has 28 heavy (non-hydrogen) atoms. The maximum Gasteiger partial charge on any atom is 0.321 e. The van der Waals surface area contributed by atoms with Crippen LogP contribution in [0, 0.1) is 0 Å². The molecule has 1 fully saturated rings. The second-order valence-corrected chi connectivity index (χ2v) is 6.92. The van der Waals surface area contributed by atoms with Crippen LogP contribution in [0.5, 0.6) is 11.5 Å². The van der Waals surface area contributed by atoms with Crippen LogP contribution in [0.25, 0.3) is 0 Å². The maximum absolute atomic E-state index is 12.6. The van der Waals surface area contributed by atoms with Gasteiger partial charge < -0.3 is 19.7 Å². The Kier molecular flexibility index (Phi) is 7.14. The number of ether oxygens (including phenoxy) is 2. The van der Waals surface area contributed by atoms with Crippen LogP contribution in [0.15, 0.2) is 48.5 Å². The Hall–Kier alpha value is -2.73. The molecule has 1 aliphatic heterocycles. The molecule has 1 heterocycles. The first kappa shape index (κ1) is 20.0. The van der Waals surface area contributed by atoms with E-state index < -0.39 is 0 Å². The summed E-state index contributed by atoms with van der Waals surface area (Å²) in [4.78, 5) is 16.9. The number of nitrogens with zero attached hydrogens (tertiary/aromatic N) is 2. The predicted molar refractivity (Wildman–Crippen MR) is 111 cm³/mol. The third-order valence-corrected chi connectivity index (χ3v) is 5.08. The van der Waals surface area contributed by atoms with Gasteiger partial charge >= 0.3 is 6.03 Å². The Labute approximate surface area is 167 Å². The van der Waals surface area contributed by atoms with Crippen molar-refractivity contribution < 1.29 is 14.3 Å². The zero-order chi connectivity index (χ0) is 19.8. The highest BCUT2D eigenvalue weighted by Gasteiger charge is 2.21. The van der Waals surface area contributed by atoms with Crippen molar-refractivity contribution in [3.05, 3.63) is 54.1 Å². The second-order valence-electron chi connectivity index (χ2n) is 6.92. The van der Waals surface area contributed by atoms with Crippen molar-refractivity contribution in [2.24, 2.45) is 0 Å². The second kappa shape index (κ2) is 9.99. The van der Waals surface area contributed by atoms with Crippen LogP contribution in [0.4, 0.5) is 10.5 Å². The monoisotopic (exact) mass is 383 g/mol. The van der Waals surface area contributed by atoms with Gasteiger partial charge in [-0.3, -0.25) is 4.90 Å². The highest BCUT2D eigenvalue weighted by Crippen LogP contribution is 2.29. The number of aryl methyl sites for hydroxylation is 1. The average Bonchev–Trinajstić information content (AvgIpc) is 2.75. The van der Waals surface area contributed by atoms with Gasteiger partial charge in [0.1, 0.15) is 0 Å². The summed E-state index contributed by atoms with van der Waals surface area (Å²) in [7, 11) is 3.18. The number of methoxy groups -OCH3 is 2. The van der Waals surface area contributed by atoms with Gasteiger partial charge in [0.25, 0.3) is 0 Å². The lowest BCUT2D eigenvalue weighted by atomic mass is 10.1. The molecule has 0 spiro atoms. The number of amides is 2. The molecule has 6 nitrogen and oxygen atoms in total. The molecule has 1 saturated heterocycles. The van der Waals surface area contributed by atoms with Crippen LogP contribution in [0.2, 0.25) is 0 Å². The highest BCUT2D eigenvalue weighted by atomic mass is 16.5. The Bertz CT molecular complexity index is 759. The van der Waals surface area contributed by atoms with Crippen LogP contribution < -0.4 is 14.8 Å². The first-order valence-electron chi connectivity index (χ1n) is 9.74. The first-order valence-corrected chi connectivity index (χ1v) is 9.74. The number of rotatable bonds is 7. The van der Waals surface area contributed by atoms with E-state index in [-0.39, 0.29) is 6.03 Å². The number of urea groups is 1. The van der Waals surface area contributed by atoms with Gasteiger partial charge in [0, 0.05) is 37.9 Å². The van der Waals surface area contributed by atoms with Gasteiger partial charge in [-0.1, -0.05) is 30.3 Å². The number of benzene rings is 2. The van der Waals surface area contributed by atoms with Crippen LogP contribution in [-0.2, 0) is 6.42 Å². The summed E-state index contributed by atoms with van der Waals surface area (Å²) in [6, 6.07) is 15.9. The van der Waals surface area contributed by atoms with Gasteiger partial charge in [-0.25, -0.2) is 4.79 Å². The molecule has 0 unspecified atom stereocenters. The van der Waals surface area contributed by atoms with E-state index >= 15 is 0 Å². The zero-order valence-electron chi connectivity index (χ0n) is 16.7. The Morgan fingerprint density at radius 2 is 1.68 bits per heavy atom. The zero-order valence-corrected chi connectivity index (χ0v) is 16.7. The molecule has 0 aliphatic carbocycles. The van der Waals surface area contributed by atoms with Crippen molar-refractivity contribution in [1.82, 2.24) is 9.80 Å². The van der Waals surface area contributed by atoms with Crippen LogP contribution >= 0.6 is 0 Å². The van der Waals surface area contributed by atoms with E-state index in [2.05, 4.69) is 40.5 Å². The van der Waals surface area contributed by atoms with Gasteiger partial charge in [0.05, 0.1) is 14.2 Å². The highest BCUT2D eigenvalue weighted by molar-refractivity contribution is 5.89. The SMILES string of the molecule is COc1ccc(NC(=O)N2CCN(CCCc3ccccc3)CC2)cc1OC. The molecule has 0 radical (unpaired) electrons. The number of carbonyl (C=O) groups is 1. The molecule has 3 rings (SSSR count). The first-order chi connectivity index (χ1) is 13.7. The number of hydrogen-bond donors (Lipinski definition) is 1. The van der Waals surface area contributed by atoms with Gasteiger partial charge in [-0.2, -0.15) is 0 Å². The van der Waals surface area contributed by atoms with E-state index in [4.69, 9.17) is 9.47 Å². The summed E-state index contributed by atoms with van der Waals surface area (Å²) < 4.78 is 10.5. The summed E-state index contributed by atoms with van der Waals surface area (Å²) in [5.74, 6) is 1.24. The summed E-state index contributed by atoms with van der Waals surface area (Å²) in [6.07, 6.45) is 2.24. The molecule has 0 saturated carbocycles. The predicted octanol–water partition coefficient (Wildman–Crippen LogP) is 3.49. The third kappa shape index (κ3) is 5.39. The lowest BCUT2D eigenvalue weighted by Crippen LogP contribution is -2.50. The summed E-state index contributed by atoms with van der Waals surface area (Å²) >= 11 is 0. The molecule has 6 heteroatoms. The van der Waals surface area contributed by atoms with E-state index in [1.165, 1.54) is 5.56 Å². The standard InChI is InChI=1S/C22H29N3O3/c1-27-20-11-10-19(17-21(20)28-2)23-22(26)25-15-13-24(14-16-25)12-6-9-18-7-4-3-5-8-18/h3-5,7-8,10-11,17H,6,9,12-16H2,1-2H3,(H,23,26). The molecule has 2 aromatic carbocycles. The Morgan fingerprint density at radius 1 is 0.964 bits per heavy atom. The van der Waals surface area contributed by atoms with Crippen LogP contribution in [-0.4, -0.2) is 62.8 Å². The normalized spacial score (nSPS) is 14.6. The molecule has 2 amide bonds. The molecule has 0 atom stereocenters. The van der Waals surface area contributed by atoms with Crippen molar-refractivity contribution in [1.29, 1.82) is 0 Å². The fourth-order valence-electron chi connectivity index (χ4n) is 3.44. The van der Waals surface area contributed by atoms with Crippen molar-refractivity contribution in [2.75, 3.05) is 52.3 Å². The minimum atomic E-state index is -0.0730. The van der Waals surface area contributed by atoms with Crippen molar-refractivity contribution in [3.8, 4) is 11.5 Å². The molecular weight excluding hydrogens is 354 g/mol. The third-order valence-electron chi connectivity index (χ3n) is 5.08. The molecule has 1 N–H and O–H groups in total. The lowest BCUT2D eigenvalue weighted by molar-refractivity contribution is 0.146. The van der Waals surface area contributed by atoms with E-state index in [1.54, 1.807) is 26.4 Å². The van der Waals surface area contributed by atoms with E-state index in [9.17, 15) is 4.79 Å². The molecule has 0 bridgehead atoms.